The summed E-state index contributed by atoms with van der Waals surface area (Å²) in [5.41, 5.74) is 0. The summed E-state index contributed by atoms with van der Waals surface area (Å²) in [7, 11) is 0. The number of esters is 1. The van der Waals surface area contributed by atoms with Gasteiger partial charge in [-0.15, -0.1) is 0 Å². The van der Waals surface area contributed by atoms with Crippen LogP contribution in [-0.2, 0) is 14.3 Å². The number of carbonyl (C=O) groups excluding carboxylic acids is 2. The van der Waals surface area contributed by atoms with Crippen LogP contribution in [-0.4, -0.2) is 33.4 Å². The van der Waals surface area contributed by atoms with Crippen molar-refractivity contribution in [1.29, 1.82) is 0 Å². The Bertz CT molecular complexity index is 228. The lowest BCUT2D eigenvalue weighted by atomic mass is 10.5. The first kappa shape index (κ1) is 13.9. The molecule has 0 aromatic carbocycles. The Kier molecular flexibility index (Phi) is 8.21. The average molecular weight is 252 g/mol. The number of ketones is 1. The highest BCUT2D eigenvalue weighted by Crippen LogP contribution is 2.17. The van der Waals surface area contributed by atoms with Gasteiger partial charge in [-0.25, -0.2) is 0 Å². The summed E-state index contributed by atoms with van der Waals surface area (Å²) in [6.07, 6.45) is 0. The first-order valence-electron chi connectivity index (χ1n) is 4.00. The van der Waals surface area contributed by atoms with Gasteiger partial charge in [0, 0.05) is 0 Å². The first-order valence-corrected chi connectivity index (χ1v) is 6.38. The van der Waals surface area contributed by atoms with E-state index in [0.29, 0.717) is 15.9 Å². The van der Waals surface area contributed by atoms with Crippen LogP contribution in [0.25, 0.3) is 0 Å². The SMILES string of the molecule is CCOC(=O)CSC(=S)SCC(C)=O. The lowest BCUT2D eigenvalue weighted by Crippen LogP contribution is -2.07. The lowest BCUT2D eigenvalue weighted by Gasteiger charge is -2.01. The number of Topliss-reactive ketones (excluding diaryl/α,β-unsaturated/α-hetero) is 1. The molecule has 80 valence electrons. The van der Waals surface area contributed by atoms with Crippen molar-refractivity contribution in [3.63, 3.8) is 0 Å². The summed E-state index contributed by atoms with van der Waals surface area (Å²) >= 11 is 7.46. The molecule has 0 N–H and O–H groups in total. The Morgan fingerprint density at radius 2 is 1.86 bits per heavy atom. The summed E-state index contributed by atoms with van der Waals surface area (Å²) in [5, 5.41) is 0. The molecule has 0 bridgehead atoms. The maximum Gasteiger partial charge on any atom is 0.316 e. The average Bonchev–Trinajstić information content (AvgIpc) is 2.12. The fourth-order valence-electron chi connectivity index (χ4n) is 0.523. The van der Waals surface area contributed by atoms with E-state index in [1.807, 2.05) is 0 Å². The summed E-state index contributed by atoms with van der Waals surface area (Å²) < 4.78 is 5.33. The summed E-state index contributed by atoms with van der Waals surface area (Å²) in [6.45, 7) is 3.64. The van der Waals surface area contributed by atoms with E-state index < -0.39 is 0 Å². The molecule has 6 heteroatoms. The van der Waals surface area contributed by atoms with Crippen LogP contribution in [0.2, 0.25) is 0 Å². The highest BCUT2D eigenvalue weighted by molar-refractivity contribution is 8.47. The predicted molar refractivity (Wildman–Crippen MR) is 64.8 cm³/mol. The molecular formula is C8H12O3S3. The molecule has 0 aromatic heterocycles. The zero-order chi connectivity index (χ0) is 11.0. The molecule has 0 aromatic rings. The molecule has 0 fully saturated rings. The Balaban J connectivity index is 3.53. The molecule has 0 spiro atoms. The van der Waals surface area contributed by atoms with E-state index in [-0.39, 0.29) is 17.5 Å². The zero-order valence-electron chi connectivity index (χ0n) is 8.07. The molecule has 0 aliphatic carbocycles. The van der Waals surface area contributed by atoms with Crippen LogP contribution in [0.15, 0.2) is 0 Å². The number of rotatable bonds is 5. The van der Waals surface area contributed by atoms with Crippen molar-refractivity contribution in [2.75, 3.05) is 18.1 Å². The van der Waals surface area contributed by atoms with Gasteiger partial charge in [0.05, 0.1) is 18.1 Å². The molecule has 0 aliphatic heterocycles. The third-order valence-electron chi connectivity index (χ3n) is 1.01. The van der Waals surface area contributed by atoms with E-state index in [4.69, 9.17) is 17.0 Å². The summed E-state index contributed by atoms with van der Waals surface area (Å²) in [6, 6.07) is 0. The van der Waals surface area contributed by atoms with Crippen LogP contribution in [0.4, 0.5) is 0 Å². The number of thiocarbonyl (C=S) groups is 1. The number of hydrogen-bond donors (Lipinski definition) is 0. The van der Waals surface area contributed by atoms with Crippen LogP contribution >= 0.6 is 35.7 Å². The third-order valence-corrected chi connectivity index (χ3v) is 3.82. The van der Waals surface area contributed by atoms with E-state index in [2.05, 4.69) is 0 Å². The topological polar surface area (TPSA) is 43.4 Å². The third kappa shape index (κ3) is 8.52. The normalized spacial score (nSPS) is 9.57. The summed E-state index contributed by atoms with van der Waals surface area (Å²) in [5.74, 6) is 0.393. The molecule has 0 saturated heterocycles. The quantitative estimate of drug-likeness (QED) is 0.550. The van der Waals surface area contributed by atoms with Crippen LogP contribution < -0.4 is 0 Å². The van der Waals surface area contributed by atoms with Crippen LogP contribution in [0.3, 0.4) is 0 Å². The summed E-state index contributed by atoms with van der Waals surface area (Å²) in [4.78, 5) is 21.5. The van der Waals surface area contributed by atoms with Crippen LogP contribution in [0.1, 0.15) is 13.8 Å². The fraction of sp³-hybridized carbons (Fsp3) is 0.625. The van der Waals surface area contributed by atoms with Gasteiger partial charge in [-0.3, -0.25) is 9.59 Å². The molecule has 0 saturated carbocycles. The number of thioether (sulfide) groups is 2. The molecule has 0 amide bonds. The predicted octanol–water partition coefficient (Wildman–Crippen LogP) is 1.89. The highest BCUT2D eigenvalue weighted by Gasteiger charge is 2.06. The van der Waals surface area contributed by atoms with Crippen molar-refractivity contribution in [3.05, 3.63) is 0 Å². The first-order chi connectivity index (χ1) is 6.56. The Morgan fingerprint density at radius 3 is 2.36 bits per heavy atom. The van der Waals surface area contributed by atoms with Gasteiger partial charge in [0.1, 0.15) is 9.31 Å². The molecule has 0 rings (SSSR count). The van der Waals surface area contributed by atoms with E-state index in [1.165, 1.54) is 30.4 Å². The van der Waals surface area contributed by atoms with Crippen molar-refractivity contribution < 1.29 is 14.3 Å². The maximum atomic E-state index is 10.9. The number of carbonyl (C=O) groups is 2. The van der Waals surface area contributed by atoms with Crippen LogP contribution in [0.5, 0.6) is 0 Å². The number of hydrogen-bond acceptors (Lipinski definition) is 6. The molecule has 14 heavy (non-hydrogen) atoms. The molecule has 0 radical (unpaired) electrons. The second-order valence-corrected chi connectivity index (χ2v) is 5.49. The molecule has 0 heterocycles. The standard InChI is InChI=1S/C8H12O3S3/c1-3-11-7(10)5-14-8(12)13-4-6(2)9/h3-5H2,1-2H3. The van der Waals surface area contributed by atoms with Gasteiger partial charge in [0.25, 0.3) is 0 Å². The highest BCUT2D eigenvalue weighted by atomic mass is 32.2. The van der Waals surface area contributed by atoms with Gasteiger partial charge in [-0.1, -0.05) is 35.7 Å². The largest absolute Gasteiger partial charge is 0.465 e. The smallest absolute Gasteiger partial charge is 0.316 e. The number of ether oxygens (including phenoxy) is 1. The minimum atomic E-state index is -0.275. The minimum absolute atomic E-state index is 0.0779. The Morgan fingerprint density at radius 1 is 1.29 bits per heavy atom. The van der Waals surface area contributed by atoms with Crippen LogP contribution in [0, 0.1) is 0 Å². The van der Waals surface area contributed by atoms with E-state index >= 15 is 0 Å². The zero-order valence-corrected chi connectivity index (χ0v) is 10.5. The molecule has 0 unspecified atom stereocenters. The van der Waals surface area contributed by atoms with Gasteiger partial charge in [0.2, 0.25) is 0 Å². The van der Waals surface area contributed by atoms with Gasteiger partial charge in [-0.05, 0) is 13.8 Å². The maximum absolute atomic E-state index is 10.9. The minimum Gasteiger partial charge on any atom is -0.465 e. The second kappa shape index (κ2) is 8.26. The molecule has 0 atom stereocenters. The van der Waals surface area contributed by atoms with Crippen molar-refractivity contribution >= 4 is 51.0 Å². The molecule has 0 aliphatic rings. The Hall–Kier alpha value is -0.0700. The van der Waals surface area contributed by atoms with E-state index in [0.717, 1.165) is 0 Å². The van der Waals surface area contributed by atoms with Gasteiger partial charge in [0.15, 0.2) is 0 Å². The lowest BCUT2D eigenvalue weighted by molar-refractivity contribution is -0.139. The van der Waals surface area contributed by atoms with E-state index in [1.54, 1.807) is 6.92 Å². The van der Waals surface area contributed by atoms with Crippen molar-refractivity contribution in [1.82, 2.24) is 0 Å². The second-order valence-electron chi connectivity index (χ2n) is 2.33. The van der Waals surface area contributed by atoms with Crippen molar-refractivity contribution in [2.45, 2.75) is 13.8 Å². The molecular weight excluding hydrogens is 240 g/mol. The van der Waals surface area contributed by atoms with Crippen molar-refractivity contribution in [2.24, 2.45) is 0 Å². The molecule has 3 nitrogen and oxygen atoms in total. The Labute approximate surface area is 97.3 Å². The van der Waals surface area contributed by atoms with Crippen molar-refractivity contribution in [3.8, 4) is 0 Å². The fourth-order valence-corrected chi connectivity index (χ4v) is 2.20. The van der Waals surface area contributed by atoms with Gasteiger partial charge < -0.3 is 4.74 Å². The van der Waals surface area contributed by atoms with Gasteiger partial charge >= 0.3 is 5.97 Å². The van der Waals surface area contributed by atoms with E-state index in [9.17, 15) is 9.59 Å². The van der Waals surface area contributed by atoms with Gasteiger partial charge in [-0.2, -0.15) is 0 Å². The monoisotopic (exact) mass is 252 g/mol.